The molecule has 0 spiro atoms. The van der Waals surface area contributed by atoms with Crippen LogP contribution < -0.4 is 5.73 Å². The fourth-order valence-electron chi connectivity index (χ4n) is 0.661. The Morgan fingerprint density at radius 2 is 2.09 bits per heavy atom. The summed E-state index contributed by atoms with van der Waals surface area (Å²) in [5.41, 5.74) is 6.20. The van der Waals surface area contributed by atoms with Crippen LogP contribution >= 0.6 is 15.9 Å². The van der Waals surface area contributed by atoms with Crippen molar-refractivity contribution in [2.24, 2.45) is 10.7 Å². The second-order valence-electron chi connectivity index (χ2n) is 1.90. The summed E-state index contributed by atoms with van der Waals surface area (Å²) < 4.78 is 1.38. The molecule has 0 amide bonds. The fourth-order valence-corrected chi connectivity index (χ4v) is 1.24. The Kier molecular flexibility index (Phi) is 3.12. The monoisotopic (exact) mass is 277 g/mol. The number of amidine groups is 1. The number of halogens is 1. The molecule has 0 saturated heterocycles. The molecule has 4 heteroatoms. The Balaban J connectivity index is 3.04. The summed E-state index contributed by atoms with van der Waals surface area (Å²) in [6, 6.07) is 7.64. The van der Waals surface area contributed by atoms with Crippen LogP contribution in [-0.2, 0) is 0 Å². The Hall–Kier alpha value is -0.311. The first-order valence-electron chi connectivity index (χ1n) is 2.96. The second-order valence-corrected chi connectivity index (χ2v) is 3.63. The maximum absolute atomic E-state index is 5.37. The number of aliphatic imine (C=N–C) groups is 1. The van der Waals surface area contributed by atoms with Crippen molar-refractivity contribution in [1.29, 1.82) is 0 Å². The number of hydrogen-bond donors (Lipinski definition) is 1. The molecular weight excluding hydrogens is 271 g/mol. The van der Waals surface area contributed by atoms with Crippen LogP contribution in [0, 0.1) is 0 Å². The quantitative estimate of drug-likeness (QED) is 0.472. The van der Waals surface area contributed by atoms with Crippen LogP contribution in [-0.4, -0.2) is 20.7 Å². The van der Waals surface area contributed by atoms with Gasteiger partial charge in [-0.15, -0.1) is 0 Å². The van der Waals surface area contributed by atoms with E-state index in [1.54, 1.807) is 0 Å². The summed E-state index contributed by atoms with van der Waals surface area (Å²) in [7, 11) is 0. The van der Waals surface area contributed by atoms with E-state index in [4.69, 9.17) is 5.73 Å². The molecule has 0 unspecified atom stereocenters. The van der Waals surface area contributed by atoms with Gasteiger partial charge < -0.3 is 0 Å². The molecule has 1 aromatic carbocycles. The summed E-state index contributed by atoms with van der Waals surface area (Å²) in [5.74, 6) is 0. The average Bonchev–Trinajstić information content (AvgIpc) is 1.93. The van der Waals surface area contributed by atoms with Crippen LogP contribution in [0.1, 0.15) is 0 Å². The first-order chi connectivity index (χ1) is 5.20. The summed E-state index contributed by atoms with van der Waals surface area (Å²) in [6.45, 7) is 0. The van der Waals surface area contributed by atoms with E-state index in [0.717, 1.165) is 10.2 Å². The van der Waals surface area contributed by atoms with Gasteiger partial charge in [0.25, 0.3) is 0 Å². The van der Waals surface area contributed by atoms with E-state index < -0.39 is 0 Å². The predicted molar refractivity (Wildman–Crippen MR) is 51.2 cm³/mol. The van der Waals surface area contributed by atoms with Crippen LogP contribution in [0.15, 0.2) is 33.7 Å². The number of nitrogens with two attached hydrogens (primary N) is 1. The van der Waals surface area contributed by atoms with E-state index in [1.807, 2.05) is 24.3 Å². The molecule has 0 aliphatic rings. The fraction of sp³-hybridized carbons (Fsp3) is 0. The standard InChI is InChI=1S/C7H6BrN2Se/c8-5-3-1-2-4-6(5)10-7(9)11/h1-4H,(H2,9,10). The minimum atomic E-state index is 0.442. The van der Waals surface area contributed by atoms with Crippen molar-refractivity contribution in [2.45, 2.75) is 0 Å². The average molecular weight is 277 g/mol. The van der Waals surface area contributed by atoms with Crippen molar-refractivity contribution in [1.82, 2.24) is 0 Å². The van der Waals surface area contributed by atoms with E-state index in [9.17, 15) is 0 Å². The van der Waals surface area contributed by atoms with Crippen molar-refractivity contribution >= 4 is 42.4 Å². The molecule has 0 bridgehead atoms. The molecule has 1 radical (unpaired) electrons. The van der Waals surface area contributed by atoms with Gasteiger partial charge in [-0.05, 0) is 0 Å². The van der Waals surface area contributed by atoms with Gasteiger partial charge in [-0.25, -0.2) is 0 Å². The minimum absolute atomic E-state index is 0.442. The third kappa shape index (κ3) is 2.66. The molecule has 2 nitrogen and oxygen atoms in total. The van der Waals surface area contributed by atoms with Crippen molar-refractivity contribution in [3.63, 3.8) is 0 Å². The van der Waals surface area contributed by atoms with Gasteiger partial charge in [0.05, 0.1) is 0 Å². The Labute approximate surface area is 81.8 Å². The van der Waals surface area contributed by atoms with Crippen molar-refractivity contribution < 1.29 is 0 Å². The van der Waals surface area contributed by atoms with E-state index >= 15 is 0 Å². The Bertz CT molecular complexity index is 282. The van der Waals surface area contributed by atoms with E-state index in [2.05, 4.69) is 36.9 Å². The van der Waals surface area contributed by atoms with Gasteiger partial charge in [-0.1, -0.05) is 0 Å². The third-order valence-electron chi connectivity index (χ3n) is 1.08. The van der Waals surface area contributed by atoms with Gasteiger partial charge >= 0.3 is 81.8 Å². The SMILES string of the molecule is NC([Se])=Nc1ccccc1Br. The number of rotatable bonds is 1. The van der Waals surface area contributed by atoms with Crippen molar-refractivity contribution in [2.75, 3.05) is 0 Å². The number of hydrogen-bond acceptors (Lipinski definition) is 1. The predicted octanol–water partition coefficient (Wildman–Crippen LogP) is 1.56. The zero-order valence-corrected chi connectivity index (χ0v) is 8.92. The maximum atomic E-state index is 5.37. The number of benzene rings is 1. The molecular formula is C7H6BrN2Se. The van der Waals surface area contributed by atoms with Crippen LogP contribution in [0.3, 0.4) is 0 Å². The van der Waals surface area contributed by atoms with Gasteiger partial charge in [0, 0.05) is 0 Å². The normalized spacial score (nSPS) is 11.5. The van der Waals surface area contributed by atoms with Crippen LogP contribution in [0.2, 0.25) is 0 Å². The molecule has 0 aliphatic heterocycles. The van der Waals surface area contributed by atoms with Gasteiger partial charge in [-0.2, -0.15) is 0 Å². The van der Waals surface area contributed by atoms with E-state index in [1.165, 1.54) is 0 Å². The van der Waals surface area contributed by atoms with E-state index in [0.29, 0.717) is 4.73 Å². The summed E-state index contributed by atoms with van der Waals surface area (Å²) in [6.07, 6.45) is 0. The zero-order valence-electron chi connectivity index (χ0n) is 5.62. The van der Waals surface area contributed by atoms with Crippen LogP contribution in [0.25, 0.3) is 0 Å². The molecule has 0 aliphatic carbocycles. The van der Waals surface area contributed by atoms with Crippen LogP contribution in [0.5, 0.6) is 0 Å². The van der Waals surface area contributed by atoms with E-state index in [-0.39, 0.29) is 0 Å². The first-order valence-corrected chi connectivity index (χ1v) is 4.61. The molecule has 0 aromatic heterocycles. The molecule has 2 N–H and O–H groups in total. The molecule has 1 rings (SSSR count). The molecule has 1 aromatic rings. The van der Waals surface area contributed by atoms with Gasteiger partial charge in [0.15, 0.2) is 0 Å². The molecule has 11 heavy (non-hydrogen) atoms. The molecule has 0 saturated carbocycles. The summed E-state index contributed by atoms with van der Waals surface area (Å²) in [4.78, 5) is 4.05. The first kappa shape index (κ1) is 8.78. The Morgan fingerprint density at radius 1 is 1.45 bits per heavy atom. The van der Waals surface area contributed by atoms with Crippen LogP contribution in [0.4, 0.5) is 5.69 Å². The second kappa shape index (κ2) is 3.90. The van der Waals surface area contributed by atoms with Gasteiger partial charge in [0.2, 0.25) is 0 Å². The van der Waals surface area contributed by atoms with Gasteiger partial charge in [-0.3, -0.25) is 0 Å². The topological polar surface area (TPSA) is 38.4 Å². The van der Waals surface area contributed by atoms with Crippen molar-refractivity contribution in [3.05, 3.63) is 28.7 Å². The summed E-state index contributed by atoms with van der Waals surface area (Å²) >= 11 is 5.97. The van der Waals surface area contributed by atoms with Crippen molar-refractivity contribution in [3.8, 4) is 0 Å². The van der Waals surface area contributed by atoms with Gasteiger partial charge in [0.1, 0.15) is 0 Å². The number of nitrogens with zero attached hydrogens (tertiary/aromatic N) is 1. The molecule has 0 fully saturated rings. The molecule has 57 valence electrons. The third-order valence-corrected chi connectivity index (χ3v) is 1.95. The Morgan fingerprint density at radius 3 is 2.64 bits per heavy atom. The zero-order chi connectivity index (χ0) is 8.27. The molecule has 0 heterocycles. The number of para-hydroxylation sites is 1. The summed E-state index contributed by atoms with van der Waals surface area (Å²) in [5, 5.41) is 0. The molecule has 0 atom stereocenters.